The smallest absolute Gasteiger partial charge is 0.338 e. The van der Waals surface area contributed by atoms with E-state index in [2.05, 4.69) is 5.32 Å². The third kappa shape index (κ3) is 5.12. The maximum atomic E-state index is 12.4. The molecule has 0 bridgehead atoms. The van der Waals surface area contributed by atoms with Gasteiger partial charge in [-0.1, -0.05) is 18.2 Å². The van der Waals surface area contributed by atoms with Crippen molar-refractivity contribution in [3.8, 4) is 5.75 Å². The lowest BCUT2D eigenvalue weighted by Crippen LogP contribution is -2.24. The Balaban J connectivity index is 2.14. The lowest BCUT2D eigenvalue weighted by Gasteiger charge is -2.15. The van der Waals surface area contributed by atoms with Gasteiger partial charge < -0.3 is 14.8 Å². The zero-order valence-corrected chi connectivity index (χ0v) is 17.8. The van der Waals surface area contributed by atoms with Crippen molar-refractivity contribution in [2.45, 2.75) is 18.7 Å². The number of hydrogen-bond donors (Lipinski definition) is 1. The van der Waals surface area contributed by atoms with Crippen molar-refractivity contribution in [3.63, 3.8) is 0 Å². The Labute approximate surface area is 170 Å². The first-order valence-electron chi connectivity index (χ1n) is 8.71. The number of methoxy groups -OCH3 is 1. The second-order valence-corrected chi connectivity index (χ2v) is 8.66. The topological polar surface area (TPSA) is 102 Å². The molecule has 0 heterocycles. The minimum atomic E-state index is -3.84. The molecule has 1 N–H and O–H groups in total. The molecule has 1 amide bonds. The SMILES string of the molecule is COc1ccc(C(=O)OCC(=O)Nc2c(C)cccc2C)cc1S(=O)(=O)N(C)C. The number of rotatable bonds is 7. The van der Waals surface area contributed by atoms with Crippen LogP contribution in [0.2, 0.25) is 0 Å². The number of anilines is 1. The van der Waals surface area contributed by atoms with Crippen LogP contribution in [-0.4, -0.2) is 52.4 Å². The normalized spacial score (nSPS) is 11.2. The number of carbonyl (C=O) groups excluding carboxylic acids is 2. The van der Waals surface area contributed by atoms with Crippen LogP contribution in [0.4, 0.5) is 5.69 Å². The highest BCUT2D eigenvalue weighted by molar-refractivity contribution is 7.89. The Hall–Kier alpha value is -2.91. The van der Waals surface area contributed by atoms with E-state index >= 15 is 0 Å². The number of nitrogens with one attached hydrogen (secondary N) is 1. The fourth-order valence-electron chi connectivity index (χ4n) is 2.60. The molecule has 2 rings (SSSR count). The predicted molar refractivity (Wildman–Crippen MR) is 109 cm³/mol. The summed E-state index contributed by atoms with van der Waals surface area (Å²) in [5, 5.41) is 2.72. The zero-order valence-electron chi connectivity index (χ0n) is 17.0. The molecule has 0 unspecified atom stereocenters. The molecule has 0 aliphatic rings. The molecule has 0 saturated carbocycles. The molecule has 0 atom stereocenters. The van der Waals surface area contributed by atoms with Crippen molar-refractivity contribution < 1.29 is 27.5 Å². The number of para-hydroxylation sites is 1. The molecule has 0 fully saturated rings. The van der Waals surface area contributed by atoms with E-state index in [0.717, 1.165) is 15.4 Å². The monoisotopic (exact) mass is 420 g/mol. The van der Waals surface area contributed by atoms with E-state index in [1.807, 2.05) is 32.0 Å². The predicted octanol–water partition coefficient (Wildman–Crippen LogP) is 2.36. The molecule has 156 valence electrons. The molecule has 0 saturated heterocycles. The maximum absolute atomic E-state index is 12.4. The first-order valence-corrected chi connectivity index (χ1v) is 10.2. The number of benzene rings is 2. The third-order valence-electron chi connectivity index (χ3n) is 4.24. The fraction of sp³-hybridized carbons (Fsp3) is 0.300. The summed E-state index contributed by atoms with van der Waals surface area (Å²) in [7, 11) is 0.243. The maximum Gasteiger partial charge on any atom is 0.338 e. The van der Waals surface area contributed by atoms with E-state index in [4.69, 9.17) is 9.47 Å². The molecule has 0 aliphatic heterocycles. The molecular weight excluding hydrogens is 396 g/mol. The Morgan fingerprint density at radius 1 is 1.07 bits per heavy atom. The van der Waals surface area contributed by atoms with E-state index in [1.165, 1.54) is 39.4 Å². The number of nitrogens with zero attached hydrogens (tertiary/aromatic N) is 1. The van der Waals surface area contributed by atoms with Crippen LogP contribution in [0.25, 0.3) is 0 Å². The number of ether oxygens (including phenoxy) is 2. The summed E-state index contributed by atoms with van der Waals surface area (Å²) in [5.74, 6) is -1.21. The molecule has 29 heavy (non-hydrogen) atoms. The van der Waals surface area contributed by atoms with Crippen molar-refractivity contribution in [2.24, 2.45) is 0 Å². The quantitative estimate of drug-likeness (QED) is 0.690. The van der Waals surface area contributed by atoms with Crippen LogP contribution < -0.4 is 10.1 Å². The van der Waals surface area contributed by atoms with Crippen LogP contribution >= 0.6 is 0 Å². The average molecular weight is 420 g/mol. The van der Waals surface area contributed by atoms with E-state index in [9.17, 15) is 18.0 Å². The summed E-state index contributed by atoms with van der Waals surface area (Å²) in [4.78, 5) is 24.3. The molecule has 9 heteroatoms. The molecule has 2 aromatic rings. The van der Waals surface area contributed by atoms with E-state index in [0.29, 0.717) is 5.69 Å². The summed E-state index contributed by atoms with van der Waals surface area (Å²) in [6.45, 7) is 3.21. The van der Waals surface area contributed by atoms with Crippen molar-refractivity contribution >= 4 is 27.6 Å². The Bertz CT molecular complexity index is 1010. The number of amides is 1. The largest absolute Gasteiger partial charge is 0.495 e. The van der Waals surface area contributed by atoms with Gasteiger partial charge in [-0.15, -0.1) is 0 Å². The fourth-order valence-corrected chi connectivity index (χ4v) is 3.68. The lowest BCUT2D eigenvalue weighted by molar-refractivity contribution is -0.119. The first-order chi connectivity index (χ1) is 13.6. The minimum absolute atomic E-state index is 0.00824. The van der Waals surface area contributed by atoms with Crippen LogP contribution in [-0.2, 0) is 19.6 Å². The highest BCUT2D eigenvalue weighted by Crippen LogP contribution is 2.27. The molecule has 0 spiro atoms. The number of sulfonamides is 1. The Morgan fingerprint density at radius 3 is 2.24 bits per heavy atom. The van der Waals surface area contributed by atoms with Gasteiger partial charge in [-0.3, -0.25) is 4.79 Å². The number of carbonyl (C=O) groups is 2. The average Bonchev–Trinajstić information content (AvgIpc) is 2.68. The van der Waals surface area contributed by atoms with Gasteiger partial charge in [-0.05, 0) is 43.2 Å². The van der Waals surface area contributed by atoms with Gasteiger partial charge in [-0.2, -0.15) is 0 Å². The zero-order chi connectivity index (χ0) is 21.8. The number of hydrogen-bond acceptors (Lipinski definition) is 6. The summed E-state index contributed by atoms with van der Waals surface area (Å²) < 4.78 is 36.0. The van der Waals surface area contributed by atoms with Crippen LogP contribution in [0, 0.1) is 13.8 Å². The second-order valence-electron chi connectivity index (χ2n) is 6.54. The molecular formula is C20H24N2O6S. The van der Waals surface area contributed by atoms with Crippen LogP contribution in [0.5, 0.6) is 5.75 Å². The standard InChI is InChI=1S/C20H24N2O6S/c1-13-7-6-8-14(2)19(13)21-18(23)12-28-20(24)15-9-10-16(27-5)17(11-15)29(25,26)22(3)4/h6-11H,12H2,1-5H3,(H,21,23). The van der Waals surface area contributed by atoms with Crippen LogP contribution in [0.3, 0.4) is 0 Å². The van der Waals surface area contributed by atoms with Gasteiger partial charge in [0, 0.05) is 19.8 Å². The molecule has 8 nitrogen and oxygen atoms in total. The van der Waals surface area contributed by atoms with Gasteiger partial charge in [0.1, 0.15) is 10.6 Å². The molecule has 0 radical (unpaired) electrons. The summed E-state index contributed by atoms with van der Waals surface area (Å²) in [6, 6.07) is 9.50. The highest BCUT2D eigenvalue weighted by atomic mass is 32.2. The van der Waals surface area contributed by atoms with Gasteiger partial charge >= 0.3 is 5.97 Å². The highest BCUT2D eigenvalue weighted by Gasteiger charge is 2.24. The van der Waals surface area contributed by atoms with Crippen molar-refractivity contribution in [2.75, 3.05) is 33.1 Å². The van der Waals surface area contributed by atoms with Crippen LogP contribution in [0.15, 0.2) is 41.3 Å². The minimum Gasteiger partial charge on any atom is -0.495 e. The summed E-state index contributed by atoms with van der Waals surface area (Å²) in [5.41, 5.74) is 2.43. The summed E-state index contributed by atoms with van der Waals surface area (Å²) >= 11 is 0. The third-order valence-corrected chi connectivity index (χ3v) is 6.07. The van der Waals surface area contributed by atoms with Crippen molar-refractivity contribution in [1.29, 1.82) is 0 Å². The number of esters is 1. The molecule has 0 aromatic heterocycles. The lowest BCUT2D eigenvalue weighted by atomic mass is 10.1. The van der Waals surface area contributed by atoms with Crippen molar-refractivity contribution in [3.05, 3.63) is 53.1 Å². The Morgan fingerprint density at radius 2 is 1.69 bits per heavy atom. The number of aryl methyl sites for hydroxylation is 2. The van der Waals surface area contributed by atoms with Crippen molar-refractivity contribution in [1.82, 2.24) is 4.31 Å². The Kier molecular flexibility index (Phi) is 6.99. The van der Waals surface area contributed by atoms with E-state index in [1.54, 1.807) is 0 Å². The van der Waals surface area contributed by atoms with Gasteiger partial charge in [-0.25, -0.2) is 17.5 Å². The second kappa shape index (κ2) is 9.06. The molecule has 0 aliphatic carbocycles. The van der Waals surface area contributed by atoms with Gasteiger partial charge in [0.15, 0.2) is 6.61 Å². The van der Waals surface area contributed by atoms with Gasteiger partial charge in [0.25, 0.3) is 5.91 Å². The summed E-state index contributed by atoms with van der Waals surface area (Å²) in [6.07, 6.45) is 0. The van der Waals surface area contributed by atoms with Gasteiger partial charge in [0.2, 0.25) is 10.0 Å². The van der Waals surface area contributed by atoms with Gasteiger partial charge in [0.05, 0.1) is 12.7 Å². The van der Waals surface area contributed by atoms with E-state index in [-0.39, 0.29) is 16.2 Å². The van der Waals surface area contributed by atoms with Crippen LogP contribution in [0.1, 0.15) is 21.5 Å². The molecule has 2 aromatic carbocycles. The van der Waals surface area contributed by atoms with E-state index < -0.39 is 28.5 Å². The first kappa shape index (κ1) is 22.4.